The molecular weight excluding hydrogens is 520 g/mol. The SMILES string of the molecule is COc1ccc(NC(=O)C2=C(C)NC3=C(C(=O)CC(c4ccc(OC)c(OC)c4)C3)C2c2cccc(OC)c2)cc1. The van der Waals surface area contributed by atoms with Crippen LogP contribution in [-0.2, 0) is 9.59 Å². The summed E-state index contributed by atoms with van der Waals surface area (Å²) in [4.78, 5) is 27.8. The molecule has 0 fully saturated rings. The van der Waals surface area contributed by atoms with Gasteiger partial charge in [-0.25, -0.2) is 0 Å². The van der Waals surface area contributed by atoms with Gasteiger partial charge in [-0.3, -0.25) is 9.59 Å². The molecule has 0 bridgehead atoms. The fourth-order valence-electron chi connectivity index (χ4n) is 5.71. The Morgan fingerprint density at radius 2 is 1.54 bits per heavy atom. The van der Waals surface area contributed by atoms with Crippen LogP contribution < -0.4 is 29.6 Å². The van der Waals surface area contributed by atoms with E-state index in [4.69, 9.17) is 18.9 Å². The van der Waals surface area contributed by atoms with Gasteiger partial charge in [0.1, 0.15) is 11.5 Å². The van der Waals surface area contributed by atoms with Crippen molar-refractivity contribution in [2.75, 3.05) is 33.8 Å². The third-order valence-corrected chi connectivity index (χ3v) is 7.73. The Bertz CT molecular complexity index is 1540. The van der Waals surface area contributed by atoms with Gasteiger partial charge in [-0.05, 0) is 78.9 Å². The Hall–Kier alpha value is -4.72. The third-order valence-electron chi connectivity index (χ3n) is 7.73. The maximum atomic E-state index is 14.0. The molecule has 2 aliphatic rings. The van der Waals surface area contributed by atoms with E-state index in [1.54, 1.807) is 52.7 Å². The topological polar surface area (TPSA) is 95.1 Å². The molecule has 2 N–H and O–H groups in total. The number of hydrogen-bond donors (Lipinski definition) is 2. The summed E-state index contributed by atoms with van der Waals surface area (Å²) in [5, 5.41) is 6.44. The smallest absolute Gasteiger partial charge is 0.254 e. The molecule has 212 valence electrons. The summed E-state index contributed by atoms with van der Waals surface area (Å²) in [6.07, 6.45) is 0.921. The van der Waals surface area contributed by atoms with E-state index in [0.29, 0.717) is 58.4 Å². The monoisotopic (exact) mass is 554 g/mol. The van der Waals surface area contributed by atoms with Crippen LogP contribution in [0.1, 0.15) is 42.7 Å². The van der Waals surface area contributed by atoms with Crippen LogP contribution in [-0.4, -0.2) is 40.1 Å². The van der Waals surface area contributed by atoms with E-state index in [9.17, 15) is 9.59 Å². The van der Waals surface area contributed by atoms with Crippen molar-refractivity contribution in [3.8, 4) is 23.0 Å². The number of rotatable bonds is 8. The summed E-state index contributed by atoms with van der Waals surface area (Å²) in [7, 11) is 6.39. The molecule has 2 unspecified atom stereocenters. The molecule has 0 saturated heterocycles. The molecule has 1 amide bonds. The lowest BCUT2D eigenvalue weighted by Gasteiger charge is -2.37. The Balaban J connectivity index is 1.54. The summed E-state index contributed by atoms with van der Waals surface area (Å²) in [5.41, 5.74) is 5.06. The number of ketones is 1. The van der Waals surface area contributed by atoms with Crippen molar-refractivity contribution in [1.82, 2.24) is 5.32 Å². The van der Waals surface area contributed by atoms with Gasteiger partial charge >= 0.3 is 0 Å². The number of hydrogen-bond acceptors (Lipinski definition) is 7. The van der Waals surface area contributed by atoms with Crippen molar-refractivity contribution >= 4 is 17.4 Å². The Morgan fingerprint density at radius 3 is 2.22 bits per heavy atom. The maximum absolute atomic E-state index is 14.0. The van der Waals surface area contributed by atoms with Crippen LogP contribution in [0.2, 0.25) is 0 Å². The summed E-state index contributed by atoms with van der Waals surface area (Å²) < 4.78 is 21.6. The van der Waals surface area contributed by atoms with Crippen LogP contribution in [0.5, 0.6) is 23.0 Å². The van der Waals surface area contributed by atoms with Crippen molar-refractivity contribution in [2.24, 2.45) is 0 Å². The summed E-state index contributed by atoms with van der Waals surface area (Å²) in [6, 6.07) is 20.5. The van der Waals surface area contributed by atoms with Crippen LogP contribution in [0.25, 0.3) is 0 Å². The van der Waals surface area contributed by atoms with E-state index in [0.717, 1.165) is 16.8 Å². The van der Waals surface area contributed by atoms with Gasteiger partial charge in [0.25, 0.3) is 5.91 Å². The molecule has 1 aliphatic carbocycles. The third kappa shape index (κ3) is 5.50. The number of carbonyl (C=O) groups excluding carboxylic acids is 2. The van der Waals surface area contributed by atoms with Gasteiger partial charge in [0.05, 0.1) is 28.4 Å². The number of nitrogens with one attached hydrogen (secondary N) is 2. The zero-order valence-electron chi connectivity index (χ0n) is 23.9. The highest BCUT2D eigenvalue weighted by Gasteiger charge is 2.41. The Kier molecular flexibility index (Phi) is 8.01. The molecule has 5 rings (SSSR count). The second-order valence-electron chi connectivity index (χ2n) is 10.1. The van der Waals surface area contributed by atoms with Crippen molar-refractivity contribution < 1.29 is 28.5 Å². The van der Waals surface area contributed by atoms with E-state index in [1.807, 2.05) is 49.4 Å². The molecule has 0 radical (unpaired) electrons. The van der Waals surface area contributed by atoms with E-state index < -0.39 is 5.92 Å². The van der Waals surface area contributed by atoms with Crippen LogP contribution in [0.4, 0.5) is 5.69 Å². The molecule has 8 nitrogen and oxygen atoms in total. The predicted octanol–water partition coefficient (Wildman–Crippen LogP) is 5.72. The van der Waals surface area contributed by atoms with Gasteiger partial charge in [-0.2, -0.15) is 0 Å². The highest BCUT2D eigenvalue weighted by molar-refractivity contribution is 6.10. The van der Waals surface area contributed by atoms with Crippen LogP contribution in [0.3, 0.4) is 0 Å². The normalized spacial score (nSPS) is 18.3. The van der Waals surface area contributed by atoms with Gasteiger partial charge in [0.15, 0.2) is 17.3 Å². The molecule has 3 aromatic rings. The summed E-state index contributed by atoms with van der Waals surface area (Å²) >= 11 is 0. The zero-order chi connectivity index (χ0) is 29.1. The first-order valence-corrected chi connectivity index (χ1v) is 13.4. The average Bonchev–Trinajstić information content (AvgIpc) is 3.00. The molecule has 2 atom stereocenters. The van der Waals surface area contributed by atoms with E-state index in [-0.39, 0.29) is 17.6 Å². The maximum Gasteiger partial charge on any atom is 0.254 e. The minimum Gasteiger partial charge on any atom is -0.497 e. The number of Topliss-reactive ketones (excluding diaryl/α,β-unsaturated/α-hetero) is 1. The quantitative estimate of drug-likeness (QED) is 0.368. The standard InChI is InChI=1S/C33H34N2O6/c1-19-30(33(37)35-23-10-12-24(38-2)13-11-23)31(21-7-6-8-25(15-21)39-3)32-26(34-19)16-22(17-27(32)36)20-9-14-28(40-4)29(18-20)41-5/h6-15,18,22,31,34H,16-17H2,1-5H3,(H,35,37). The number of dihydropyridines is 1. The number of anilines is 1. The van der Waals surface area contributed by atoms with Crippen LogP contribution in [0, 0.1) is 0 Å². The Labute approximate surface area is 240 Å². The van der Waals surface area contributed by atoms with E-state index in [1.165, 1.54) is 0 Å². The predicted molar refractivity (Wildman–Crippen MR) is 157 cm³/mol. The van der Waals surface area contributed by atoms with E-state index >= 15 is 0 Å². The van der Waals surface area contributed by atoms with Gasteiger partial charge in [-0.15, -0.1) is 0 Å². The molecule has 1 heterocycles. The fourth-order valence-corrected chi connectivity index (χ4v) is 5.71. The molecule has 3 aromatic carbocycles. The lowest BCUT2D eigenvalue weighted by atomic mass is 9.71. The number of allylic oxidation sites excluding steroid dienone is 3. The fraction of sp³-hybridized carbons (Fsp3) is 0.273. The number of benzene rings is 3. The minimum absolute atomic E-state index is 0.00592. The Morgan fingerprint density at radius 1 is 0.805 bits per heavy atom. The van der Waals surface area contributed by atoms with Gasteiger partial charge in [0, 0.05) is 40.6 Å². The van der Waals surface area contributed by atoms with Crippen molar-refractivity contribution in [3.63, 3.8) is 0 Å². The highest BCUT2D eigenvalue weighted by atomic mass is 16.5. The van der Waals surface area contributed by atoms with Gasteiger partial charge < -0.3 is 29.6 Å². The first kappa shape index (κ1) is 27.8. The molecule has 8 heteroatoms. The van der Waals surface area contributed by atoms with E-state index in [2.05, 4.69) is 10.6 Å². The van der Waals surface area contributed by atoms with Crippen LogP contribution >= 0.6 is 0 Å². The molecular formula is C33H34N2O6. The van der Waals surface area contributed by atoms with Crippen LogP contribution in [0.15, 0.2) is 89.3 Å². The molecule has 0 aromatic heterocycles. The molecule has 0 saturated carbocycles. The molecule has 41 heavy (non-hydrogen) atoms. The summed E-state index contributed by atoms with van der Waals surface area (Å²) in [6.45, 7) is 1.88. The average molecular weight is 555 g/mol. The van der Waals surface area contributed by atoms with Gasteiger partial charge in [-0.1, -0.05) is 18.2 Å². The lowest BCUT2D eigenvalue weighted by Crippen LogP contribution is -2.37. The largest absolute Gasteiger partial charge is 0.497 e. The van der Waals surface area contributed by atoms with Crippen molar-refractivity contribution in [1.29, 1.82) is 0 Å². The highest BCUT2D eigenvalue weighted by Crippen LogP contribution is 2.47. The number of carbonyl (C=O) groups is 2. The minimum atomic E-state index is -0.557. The van der Waals surface area contributed by atoms with Gasteiger partial charge in [0.2, 0.25) is 0 Å². The summed E-state index contributed by atoms with van der Waals surface area (Å²) in [5.74, 6) is 1.71. The zero-order valence-corrected chi connectivity index (χ0v) is 23.9. The van der Waals surface area contributed by atoms with Crippen molar-refractivity contribution in [3.05, 3.63) is 100 Å². The number of methoxy groups -OCH3 is 4. The first-order chi connectivity index (χ1) is 19.9. The second kappa shape index (κ2) is 11.8. The number of ether oxygens (including phenoxy) is 4. The van der Waals surface area contributed by atoms with Crippen molar-refractivity contribution in [2.45, 2.75) is 31.6 Å². The molecule has 0 spiro atoms. The number of amides is 1. The first-order valence-electron chi connectivity index (χ1n) is 13.4. The lowest BCUT2D eigenvalue weighted by molar-refractivity contribution is -0.116. The second-order valence-corrected chi connectivity index (χ2v) is 10.1. The molecule has 1 aliphatic heterocycles.